The lowest BCUT2D eigenvalue weighted by atomic mass is 9.87. The van der Waals surface area contributed by atoms with Gasteiger partial charge in [-0.25, -0.2) is 4.98 Å². The predicted octanol–water partition coefficient (Wildman–Crippen LogP) is 10.6. The molecule has 0 spiro atoms. The zero-order valence-electron chi connectivity index (χ0n) is 32.7. The number of hydrogen-bond donors (Lipinski definition) is 0. The molecule has 5 nitrogen and oxygen atoms in total. The van der Waals surface area contributed by atoms with Crippen LogP contribution in [0.25, 0.3) is 55.8 Å². The van der Waals surface area contributed by atoms with Crippen molar-refractivity contribution < 1.29 is 21.8 Å². The lowest BCUT2D eigenvalue weighted by Gasteiger charge is -2.24. The summed E-state index contributed by atoms with van der Waals surface area (Å²) in [6.45, 7) is -8.48. The zero-order chi connectivity index (χ0) is 37.7. The molecule has 0 fully saturated rings. The van der Waals surface area contributed by atoms with E-state index in [9.17, 15) is 0 Å². The third kappa shape index (κ3) is 3.71. The molecule has 216 valence electrons. The Morgan fingerprint density at radius 1 is 0.556 bits per heavy atom. The summed E-state index contributed by atoms with van der Waals surface area (Å²) in [5.74, 6) is 1.70. The molecular formula is C40H29N3O2. The van der Waals surface area contributed by atoms with Crippen molar-refractivity contribution in [1.29, 1.82) is 0 Å². The van der Waals surface area contributed by atoms with Gasteiger partial charge < -0.3 is 9.47 Å². The largest absolute Gasteiger partial charge is 0.449 e. The van der Waals surface area contributed by atoms with E-state index in [1.807, 2.05) is 52.9 Å². The van der Waals surface area contributed by atoms with Crippen LogP contribution in [-0.2, 0) is 0 Å². The molecular weight excluding hydrogens is 554 g/mol. The molecule has 0 amide bonds. The second kappa shape index (κ2) is 9.60. The van der Waals surface area contributed by atoms with Crippen LogP contribution >= 0.6 is 0 Å². The van der Waals surface area contributed by atoms with Gasteiger partial charge in [-0.2, -0.15) is 0 Å². The molecule has 0 radical (unpaired) electrons. The van der Waals surface area contributed by atoms with Gasteiger partial charge in [-0.15, -0.1) is 0 Å². The van der Waals surface area contributed by atoms with Crippen LogP contribution < -0.4 is 9.47 Å². The first-order chi connectivity index (χ1) is 25.7. The maximum Gasteiger partial charge on any atom is 0.220 e. The van der Waals surface area contributed by atoms with Gasteiger partial charge in [0.25, 0.3) is 0 Å². The van der Waals surface area contributed by atoms with Gasteiger partial charge in [-0.05, 0) is 102 Å². The van der Waals surface area contributed by atoms with Crippen molar-refractivity contribution in [2.24, 2.45) is 0 Å². The molecule has 0 bridgehead atoms. The summed E-state index contributed by atoms with van der Waals surface area (Å²) < 4.78 is 95.4. The van der Waals surface area contributed by atoms with Crippen molar-refractivity contribution in [2.45, 2.75) is 20.6 Å². The van der Waals surface area contributed by atoms with Crippen LogP contribution in [0.1, 0.15) is 29.0 Å². The average molecular weight is 593 g/mol. The Labute approximate surface area is 273 Å². The Kier molecular flexibility index (Phi) is 3.86. The second-order valence-electron chi connectivity index (χ2n) is 11.0. The molecule has 0 unspecified atom stereocenters. The third-order valence-corrected chi connectivity index (χ3v) is 8.41. The van der Waals surface area contributed by atoms with Crippen molar-refractivity contribution in [3.8, 4) is 50.9 Å². The van der Waals surface area contributed by atoms with Gasteiger partial charge in [0.05, 0.1) is 27.8 Å². The first kappa shape index (κ1) is 18.1. The number of fused-ring (bicyclic) bond motifs is 7. The SMILES string of the molecule is [2H]C([2H])([2H])c1ccc(-c2cccc(-n3c4ccccc4n4c5ccccc5nc34)c2C([2H])([2H])[2H])c(C([2H])([2H])[2H])c1-c1cccc2c1Oc1ccccc1O2. The fraction of sp³-hybridized carbons (Fsp3) is 0.0750. The molecule has 0 saturated heterocycles. The highest BCUT2D eigenvalue weighted by Gasteiger charge is 2.25. The number of ether oxygens (including phenoxy) is 2. The Morgan fingerprint density at radius 2 is 1.24 bits per heavy atom. The van der Waals surface area contributed by atoms with Crippen LogP contribution in [0.3, 0.4) is 0 Å². The van der Waals surface area contributed by atoms with Crippen LogP contribution in [0.4, 0.5) is 0 Å². The van der Waals surface area contributed by atoms with Gasteiger partial charge in [0.15, 0.2) is 23.0 Å². The highest BCUT2D eigenvalue weighted by Crippen LogP contribution is 2.51. The van der Waals surface area contributed by atoms with Crippen LogP contribution in [-0.4, -0.2) is 14.0 Å². The quantitative estimate of drug-likeness (QED) is 0.205. The Morgan fingerprint density at radius 3 is 2.09 bits per heavy atom. The van der Waals surface area contributed by atoms with Crippen LogP contribution in [0.5, 0.6) is 23.0 Å². The van der Waals surface area contributed by atoms with Crippen molar-refractivity contribution in [3.05, 3.63) is 138 Å². The van der Waals surface area contributed by atoms with E-state index in [-0.39, 0.29) is 56.1 Å². The fourth-order valence-electron chi connectivity index (χ4n) is 6.39. The topological polar surface area (TPSA) is 40.7 Å². The summed E-state index contributed by atoms with van der Waals surface area (Å²) in [6, 6.07) is 34.7. The van der Waals surface area contributed by atoms with E-state index in [0.29, 0.717) is 28.3 Å². The van der Waals surface area contributed by atoms with E-state index in [4.69, 9.17) is 26.8 Å². The molecule has 0 N–H and O–H groups in total. The highest BCUT2D eigenvalue weighted by molar-refractivity contribution is 5.93. The standard InChI is InChI=1S/C40H29N3O2/c1-24-22-23-28(26(3)38(24)29-13-11-21-37-39(29)45-36-20-9-8-19-35(36)44-37)27-12-10-18-31(25(27)2)42-33-16-6-7-17-34(33)43-32-15-5-4-14-30(32)41-40(42)43/h4-23H,1-3H3/i1D3,2D3,3D3. The Hall–Kier alpha value is -5.81. The number of rotatable bonds is 3. The number of para-hydroxylation sites is 7. The number of aromatic nitrogens is 3. The number of imidazole rings is 2. The summed E-state index contributed by atoms with van der Waals surface area (Å²) in [5.41, 5.74) is 2.85. The van der Waals surface area contributed by atoms with Crippen LogP contribution in [0, 0.1) is 20.6 Å². The van der Waals surface area contributed by atoms with E-state index in [1.54, 1.807) is 65.2 Å². The maximum atomic E-state index is 8.93. The van der Waals surface area contributed by atoms with Gasteiger partial charge in [0, 0.05) is 17.9 Å². The van der Waals surface area contributed by atoms with Crippen molar-refractivity contribution in [2.75, 3.05) is 0 Å². The van der Waals surface area contributed by atoms with Crippen molar-refractivity contribution >= 4 is 27.8 Å². The Bertz CT molecular complexity index is 2810. The molecule has 5 heteroatoms. The summed E-state index contributed by atoms with van der Waals surface area (Å²) in [5, 5.41) is 0. The van der Waals surface area contributed by atoms with E-state index in [2.05, 4.69) is 0 Å². The minimum Gasteiger partial charge on any atom is -0.449 e. The van der Waals surface area contributed by atoms with E-state index in [0.717, 1.165) is 11.0 Å². The number of hydrogen-bond acceptors (Lipinski definition) is 3. The average Bonchev–Trinajstić information content (AvgIpc) is 3.66. The van der Waals surface area contributed by atoms with Gasteiger partial charge in [-0.1, -0.05) is 72.8 Å². The van der Waals surface area contributed by atoms with Gasteiger partial charge in [-0.3, -0.25) is 8.97 Å². The lowest BCUT2D eigenvalue weighted by Crippen LogP contribution is -2.02. The van der Waals surface area contributed by atoms with Crippen molar-refractivity contribution in [3.63, 3.8) is 0 Å². The van der Waals surface area contributed by atoms with Crippen LogP contribution in [0.15, 0.2) is 121 Å². The fourth-order valence-corrected chi connectivity index (χ4v) is 6.39. The van der Waals surface area contributed by atoms with E-state index in [1.165, 1.54) is 12.1 Å². The zero-order valence-corrected chi connectivity index (χ0v) is 23.7. The normalized spacial score (nSPS) is 16.0. The third-order valence-electron chi connectivity index (χ3n) is 8.41. The van der Waals surface area contributed by atoms with E-state index >= 15 is 0 Å². The molecule has 2 aromatic heterocycles. The monoisotopic (exact) mass is 592 g/mol. The molecule has 0 atom stereocenters. The number of benzene rings is 6. The molecule has 1 aliphatic rings. The van der Waals surface area contributed by atoms with Gasteiger partial charge in [0.2, 0.25) is 5.78 Å². The van der Waals surface area contributed by atoms with Gasteiger partial charge >= 0.3 is 0 Å². The van der Waals surface area contributed by atoms with E-state index < -0.39 is 20.6 Å². The molecule has 45 heavy (non-hydrogen) atoms. The number of aryl methyl sites for hydroxylation is 1. The first-order valence-corrected chi connectivity index (χ1v) is 14.5. The smallest absolute Gasteiger partial charge is 0.220 e. The summed E-state index contributed by atoms with van der Waals surface area (Å²) in [7, 11) is 0. The van der Waals surface area contributed by atoms with Gasteiger partial charge in [0.1, 0.15) is 0 Å². The lowest BCUT2D eigenvalue weighted by molar-refractivity contribution is 0.361. The molecule has 6 aromatic carbocycles. The molecule has 0 saturated carbocycles. The minimum absolute atomic E-state index is 0.0432. The van der Waals surface area contributed by atoms with Crippen molar-refractivity contribution in [1.82, 2.24) is 14.0 Å². The van der Waals surface area contributed by atoms with Crippen LogP contribution in [0.2, 0.25) is 0 Å². The first-order valence-electron chi connectivity index (χ1n) is 19.0. The summed E-state index contributed by atoms with van der Waals surface area (Å²) in [4.78, 5) is 4.92. The molecule has 0 aliphatic carbocycles. The molecule has 1 aliphatic heterocycles. The molecule has 9 rings (SSSR count). The summed E-state index contributed by atoms with van der Waals surface area (Å²) >= 11 is 0. The predicted molar refractivity (Wildman–Crippen MR) is 181 cm³/mol. The Balaban J connectivity index is 1.38. The molecule has 3 heterocycles. The number of nitrogens with zero attached hydrogens (tertiary/aromatic N) is 3. The minimum atomic E-state index is -2.93. The highest BCUT2D eigenvalue weighted by atomic mass is 16.6. The molecule has 8 aromatic rings. The summed E-state index contributed by atoms with van der Waals surface area (Å²) in [6.07, 6.45) is 0. The maximum absolute atomic E-state index is 8.93. The second-order valence-corrected chi connectivity index (χ2v) is 11.0.